The lowest BCUT2D eigenvalue weighted by molar-refractivity contribution is -0.862. The SMILES string of the molecule is CCCCCCCCCCC1=NCC[N+]1(CO)CC(=O)O.C[N+](C)(C)CC(=O)O. The zero-order valence-electron chi connectivity index (χ0n) is 18.9. The van der Waals surface area contributed by atoms with Crippen LogP contribution in [-0.2, 0) is 9.59 Å². The molecule has 1 heterocycles. The molecular formula is C21H43N3O5+2. The average Bonchev–Trinajstić information content (AvgIpc) is 2.98. The van der Waals surface area contributed by atoms with Gasteiger partial charge in [-0.2, -0.15) is 0 Å². The third-order valence-corrected chi connectivity index (χ3v) is 4.94. The number of carbonyl (C=O) groups is 2. The molecule has 8 nitrogen and oxygen atoms in total. The fourth-order valence-electron chi connectivity index (χ4n) is 3.42. The molecular weight excluding hydrogens is 374 g/mol. The van der Waals surface area contributed by atoms with Gasteiger partial charge in [-0.05, 0) is 6.42 Å². The molecule has 0 saturated heterocycles. The molecule has 0 aromatic rings. The third-order valence-electron chi connectivity index (χ3n) is 4.94. The van der Waals surface area contributed by atoms with Crippen LogP contribution in [0.3, 0.4) is 0 Å². The normalized spacial score (nSPS) is 18.7. The van der Waals surface area contributed by atoms with Crippen molar-refractivity contribution in [2.45, 2.75) is 64.7 Å². The topological polar surface area (TPSA) is 107 Å². The highest BCUT2D eigenvalue weighted by atomic mass is 16.4. The van der Waals surface area contributed by atoms with Crippen LogP contribution in [0, 0.1) is 0 Å². The van der Waals surface area contributed by atoms with E-state index >= 15 is 0 Å². The second-order valence-corrected chi connectivity index (χ2v) is 8.93. The van der Waals surface area contributed by atoms with E-state index in [0.717, 1.165) is 18.7 Å². The van der Waals surface area contributed by atoms with Crippen molar-refractivity contribution in [2.75, 3.05) is 54.1 Å². The van der Waals surface area contributed by atoms with Crippen LogP contribution in [0.1, 0.15) is 64.7 Å². The Kier molecular flexibility index (Phi) is 13.7. The van der Waals surface area contributed by atoms with Crippen molar-refractivity contribution >= 4 is 17.8 Å². The number of carboxylic acid groups (broad SMARTS) is 2. The molecule has 0 fully saturated rings. The van der Waals surface area contributed by atoms with Gasteiger partial charge in [-0.15, -0.1) is 0 Å². The van der Waals surface area contributed by atoms with E-state index in [1.807, 2.05) is 21.1 Å². The zero-order chi connectivity index (χ0) is 22.3. The molecule has 0 aromatic carbocycles. The summed E-state index contributed by atoms with van der Waals surface area (Å²) in [5, 5.41) is 26.8. The van der Waals surface area contributed by atoms with Crippen molar-refractivity contribution < 1.29 is 33.9 Å². The van der Waals surface area contributed by atoms with Gasteiger partial charge in [0.2, 0.25) is 5.84 Å². The number of aliphatic hydroxyl groups excluding tert-OH is 1. The number of aliphatic hydroxyl groups is 1. The predicted octanol–water partition coefficient (Wildman–Crippen LogP) is 2.56. The Bertz CT molecular complexity index is 517. The monoisotopic (exact) mass is 417 g/mol. The molecule has 0 aliphatic carbocycles. The molecule has 1 rings (SSSR count). The quantitative estimate of drug-likeness (QED) is 0.297. The Hall–Kier alpha value is -1.51. The van der Waals surface area contributed by atoms with Gasteiger partial charge in [0.05, 0.1) is 27.7 Å². The average molecular weight is 418 g/mol. The molecule has 1 aliphatic heterocycles. The summed E-state index contributed by atoms with van der Waals surface area (Å²) in [6, 6.07) is 0. The van der Waals surface area contributed by atoms with Gasteiger partial charge in [0.25, 0.3) is 0 Å². The van der Waals surface area contributed by atoms with E-state index < -0.39 is 11.9 Å². The minimum Gasteiger partial charge on any atom is -0.477 e. The van der Waals surface area contributed by atoms with E-state index in [2.05, 4.69) is 11.9 Å². The second-order valence-electron chi connectivity index (χ2n) is 8.93. The predicted molar refractivity (Wildman–Crippen MR) is 115 cm³/mol. The van der Waals surface area contributed by atoms with Crippen molar-refractivity contribution in [3.05, 3.63) is 0 Å². The maximum absolute atomic E-state index is 11.0. The van der Waals surface area contributed by atoms with Crippen molar-refractivity contribution in [2.24, 2.45) is 4.99 Å². The molecule has 0 bridgehead atoms. The highest BCUT2D eigenvalue weighted by molar-refractivity contribution is 5.79. The number of hydrogen-bond acceptors (Lipinski definition) is 4. The Labute approximate surface area is 176 Å². The van der Waals surface area contributed by atoms with Crippen LogP contribution in [0.15, 0.2) is 4.99 Å². The molecule has 0 amide bonds. The highest BCUT2D eigenvalue weighted by Gasteiger charge is 2.39. The largest absolute Gasteiger partial charge is 0.477 e. The van der Waals surface area contributed by atoms with E-state index in [1.54, 1.807) is 0 Å². The van der Waals surface area contributed by atoms with Crippen LogP contribution in [0.5, 0.6) is 0 Å². The number of rotatable bonds is 14. The molecule has 8 heteroatoms. The zero-order valence-corrected chi connectivity index (χ0v) is 18.9. The fourth-order valence-corrected chi connectivity index (χ4v) is 3.42. The van der Waals surface area contributed by atoms with Crippen LogP contribution < -0.4 is 0 Å². The van der Waals surface area contributed by atoms with Crippen LogP contribution in [0.25, 0.3) is 0 Å². The smallest absolute Gasteiger partial charge is 0.359 e. The van der Waals surface area contributed by atoms with Crippen LogP contribution >= 0.6 is 0 Å². The van der Waals surface area contributed by atoms with Gasteiger partial charge in [-0.3, -0.25) is 0 Å². The number of hydrogen-bond donors (Lipinski definition) is 3. The molecule has 29 heavy (non-hydrogen) atoms. The molecule has 0 radical (unpaired) electrons. The van der Waals surface area contributed by atoms with Gasteiger partial charge in [0, 0.05) is 6.42 Å². The number of likely N-dealkylation sites (N-methyl/N-ethyl adjacent to an activating group) is 1. The summed E-state index contributed by atoms with van der Waals surface area (Å²) >= 11 is 0. The first kappa shape index (κ1) is 27.5. The van der Waals surface area contributed by atoms with Gasteiger partial charge in [-0.1, -0.05) is 51.9 Å². The van der Waals surface area contributed by atoms with Gasteiger partial charge in [0.15, 0.2) is 19.8 Å². The molecule has 1 aliphatic rings. The summed E-state index contributed by atoms with van der Waals surface area (Å²) in [4.78, 5) is 25.4. The summed E-state index contributed by atoms with van der Waals surface area (Å²) in [6.07, 6.45) is 10.9. The van der Waals surface area contributed by atoms with Gasteiger partial charge in [-0.25, -0.2) is 19.1 Å². The van der Waals surface area contributed by atoms with Crippen LogP contribution in [0.2, 0.25) is 0 Å². The summed E-state index contributed by atoms with van der Waals surface area (Å²) in [6.45, 7) is 3.47. The number of unbranched alkanes of at least 4 members (excludes halogenated alkanes) is 7. The van der Waals surface area contributed by atoms with Crippen LogP contribution in [0.4, 0.5) is 0 Å². The third kappa shape index (κ3) is 13.4. The molecule has 0 saturated carbocycles. The van der Waals surface area contributed by atoms with Crippen molar-refractivity contribution in [1.82, 2.24) is 0 Å². The van der Waals surface area contributed by atoms with E-state index in [4.69, 9.17) is 10.2 Å². The summed E-state index contributed by atoms with van der Waals surface area (Å²) in [7, 11) is 5.52. The van der Waals surface area contributed by atoms with Crippen LogP contribution in [-0.4, -0.2) is 96.1 Å². The van der Waals surface area contributed by atoms with E-state index in [0.29, 0.717) is 17.6 Å². The van der Waals surface area contributed by atoms with E-state index in [-0.39, 0.29) is 24.3 Å². The first-order chi connectivity index (χ1) is 13.6. The number of carboxylic acids is 2. The van der Waals surface area contributed by atoms with Crippen molar-refractivity contribution in [1.29, 1.82) is 0 Å². The minimum absolute atomic E-state index is 0.0493. The molecule has 1 unspecified atom stereocenters. The van der Waals surface area contributed by atoms with E-state index in [9.17, 15) is 14.7 Å². The molecule has 0 aromatic heterocycles. The second kappa shape index (κ2) is 14.5. The number of amidine groups is 1. The van der Waals surface area contributed by atoms with Gasteiger partial charge >= 0.3 is 11.9 Å². The highest BCUT2D eigenvalue weighted by Crippen LogP contribution is 2.19. The summed E-state index contributed by atoms with van der Waals surface area (Å²) in [5.41, 5.74) is 0. The lowest BCUT2D eigenvalue weighted by Gasteiger charge is -2.30. The Morgan fingerprint density at radius 1 is 0.966 bits per heavy atom. The molecule has 170 valence electrons. The number of quaternary nitrogens is 2. The maximum Gasteiger partial charge on any atom is 0.359 e. The Morgan fingerprint density at radius 3 is 1.93 bits per heavy atom. The van der Waals surface area contributed by atoms with Crippen molar-refractivity contribution in [3.8, 4) is 0 Å². The number of aliphatic carboxylic acids is 2. The fraction of sp³-hybridized carbons (Fsp3) is 0.857. The van der Waals surface area contributed by atoms with Crippen molar-refractivity contribution in [3.63, 3.8) is 0 Å². The maximum atomic E-state index is 11.0. The lowest BCUT2D eigenvalue weighted by Crippen LogP contribution is -2.54. The Morgan fingerprint density at radius 2 is 1.52 bits per heavy atom. The first-order valence-electron chi connectivity index (χ1n) is 10.8. The Balaban J connectivity index is 0.000000828. The molecule has 0 spiro atoms. The lowest BCUT2D eigenvalue weighted by atomic mass is 10.1. The summed E-state index contributed by atoms with van der Waals surface area (Å²) < 4.78 is 0.626. The molecule has 1 atom stereocenters. The van der Waals surface area contributed by atoms with E-state index in [1.165, 1.54) is 44.9 Å². The molecule has 3 N–H and O–H groups in total. The van der Waals surface area contributed by atoms with Gasteiger partial charge in [0.1, 0.15) is 6.54 Å². The first-order valence-corrected chi connectivity index (χ1v) is 10.8. The minimum atomic E-state index is -0.866. The number of aliphatic imine (C=N–C) groups is 1. The van der Waals surface area contributed by atoms with Gasteiger partial charge < -0.3 is 19.8 Å². The summed E-state index contributed by atoms with van der Waals surface area (Å²) in [5.74, 6) is -0.738. The number of nitrogens with zero attached hydrogens (tertiary/aromatic N) is 3. The standard InChI is InChI=1S/C16H30N2O3.C5H11NO2/c1-2-3-4-5-6-7-8-9-10-15-17-11-12-18(15,14-19)13-16(20)21;1-6(2,3)4-5(7)8/h19H,2-14H2,1H3;4H2,1-3H3/p+2.